The number of rotatable bonds is 2. The Morgan fingerprint density at radius 1 is 1.36 bits per heavy atom. The van der Waals surface area contributed by atoms with Crippen LogP contribution in [0.4, 0.5) is 10.1 Å². The second-order valence-corrected chi connectivity index (χ2v) is 2.29. The number of hydrogen-bond acceptors (Lipinski definition) is 1. The molecule has 0 bridgehead atoms. The van der Waals surface area contributed by atoms with E-state index in [-0.39, 0.29) is 5.82 Å². The van der Waals surface area contributed by atoms with Gasteiger partial charge in [-0.2, -0.15) is 0 Å². The molecule has 1 nitrogen and oxygen atoms in total. The molecule has 0 aliphatic carbocycles. The number of anilines is 1. The van der Waals surface area contributed by atoms with Gasteiger partial charge in [0.05, 0.1) is 0 Å². The van der Waals surface area contributed by atoms with Crippen molar-refractivity contribution in [2.24, 2.45) is 0 Å². The molecule has 11 heavy (non-hydrogen) atoms. The van der Waals surface area contributed by atoms with E-state index >= 15 is 0 Å². The first-order chi connectivity index (χ1) is 5.24. The van der Waals surface area contributed by atoms with E-state index in [1.54, 1.807) is 24.1 Å². The highest BCUT2D eigenvalue weighted by Crippen LogP contribution is 2.14. The molecule has 0 spiro atoms. The van der Waals surface area contributed by atoms with Crippen LogP contribution >= 0.6 is 11.6 Å². The van der Waals surface area contributed by atoms with Crippen molar-refractivity contribution in [3.05, 3.63) is 36.1 Å². The predicted octanol–water partition coefficient (Wildman–Crippen LogP) is 2.50. The Morgan fingerprint density at radius 3 is 2.36 bits per heavy atom. The molecule has 1 rings (SSSR count). The molecule has 0 N–H and O–H groups in total. The van der Waals surface area contributed by atoms with Crippen molar-refractivity contribution in [3.8, 4) is 0 Å². The highest BCUT2D eigenvalue weighted by molar-refractivity contribution is 6.24. The fourth-order valence-electron chi connectivity index (χ4n) is 0.713. The van der Waals surface area contributed by atoms with Gasteiger partial charge in [0.2, 0.25) is 0 Å². The van der Waals surface area contributed by atoms with Gasteiger partial charge in [-0.05, 0) is 24.3 Å². The van der Waals surface area contributed by atoms with Crippen molar-refractivity contribution in [1.82, 2.24) is 0 Å². The van der Waals surface area contributed by atoms with E-state index < -0.39 is 0 Å². The molecule has 0 unspecified atom stereocenters. The molecule has 2 radical (unpaired) electrons. The van der Waals surface area contributed by atoms with Crippen LogP contribution in [0.2, 0.25) is 0 Å². The quantitative estimate of drug-likeness (QED) is 0.488. The summed E-state index contributed by atoms with van der Waals surface area (Å²) in [5.41, 5.74) is 0.807. The monoisotopic (exact) mass is 171 g/mol. The molecule has 1 aromatic rings. The maximum atomic E-state index is 12.4. The molecule has 0 aromatic heterocycles. The van der Waals surface area contributed by atoms with Gasteiger partial charge in [0.1, 0.15) is 5.82 Å². The van der Waals surface area contributed by atoms with Gasteiger partial charge in [0.25, 0.3) is 0 Å². The summed E-state index contributed by atoms with van der Waals surface area (Å²) in [5, 5.41) is 0. The zero-order valence-corrected chi connectivity index (χ0v) is 6.77. The second-order valence-electron chi connectivity index (χ2n) is 2.12. The Kier molecular flexibility index (Phi) is 2.71. The smallest absolute Gasteiger partial charge is 0.197 e. The lowest BCUT2D eigenvalue weighted by Gasteiger charge is -2.12. The van der Waals surface area contributed by atoms with E-state index in [1.807, 2.05) is 0 Å². The van der Waals surface area contributed by atoms with Gasteiger partial charge in [0, 0.05) is 12.7 Å². The molecular formula is C8H7ClFN. The largest absolute Gasteiger partial charge is 0.350 e. The van der Waals surface area contributed by atoms with Gasteiger partial charge >= 0.3 is 0 Å². The lowest BCUT2D eigenvalue weighted by Crippen LogP contribution is -2.08. The Bertz CT molecular complexity index is 222. The predicted molar refractivity (Wildman–Crippen MR) is 43.9 cm³/mol. The van der Waals surface area contributed by atoms with Crippen LogP contribution in [0.15, 0.2) is 24.3 Å². The minimum absolute atomic E-state index is 0.253. The zero-order valence-electron chi connectivity index (χ0n) is 6.01. The standard InChI is InChI=1S/C8H7ClFN/c1-11(6-9)8-4-2-7(10)3-5-8/h2-5H,1H3. The van der Waals surface area contributed by atoms with Crippen molar-refractivity contribution < 1.29 is 4.39 Å². The molecule has 0 aliphatic heterocycles. The highest BCUT2D eigenvalue weighted by atomic mass is 35.5. The second kappa shape index (κ2) is 3.58. The van der Waals surface area contributed by atoms with Gasteiger partial charge in [-0.25, -0.2) is 4.39 Å². The number of hydrogen-bond donors (Lipinski definition) is 0. The van der Waals surface area contributed by atoms with E-state index in [0.717, 1.165) is 5.69 Å². The van der Waals surface area contributed by atoms with Crippen molar-refractivity contribution in [1.29, 1.82) is 0 Å². The summed E-state index contributed by atoms with van der Waals surface area (Å²) in [6, 6.07) is 8.39. The lowest BCUT2D eigenvalue weighted by molar-refractivity contribution is 0.628. The summed E-state index contributed by atoms with van der Waals surface area (Å²) in [4.78, 5) is 1.57. The van der Waals surface area contributed by atoms with Crippen LogP contribution in [0.1, 0.15) is 0 Å². The molecule has 1 aromatic carbocycles. The lowest BCUT2D eigenvalue weighted by atomic mass is 10.3. The van der Waals surface area contributed by atoms with Crippen LogP contribution in [0.25, 0.3) is 0 Å². The first kappa shape index (κ1) is 8.34. The maximum Gasteiger partial charge on any atom is 0.197 e. The van der Waals surface area contributed by atoms with Crippen molar-refractivity contribution >= 4 is 17.3 Å². The minimum Gasteiger partial charge on any atom is -0.350 e. The third-order valence-electron chi connectivity index (χ3n) is 1.34. The van der Waals surface area contributed by atoms with Crippen LogP contribution < -0.4 is 4.90 Å². The van der Waals surface area contributed by atoms with E-state index in [0.29, 0.717) is 0 Å². The van der Waals surface area contributed by atoms with Crippen LogP contribution in [0.3, 0.4) is 0 Å². The molecule has 58 valence electrons. The summed E-state index contributed by atoms with van der Waals surface area (Å²) in [6.45, 7) is 0. The van der Waals surface area contributed by atoms with Gasteiger partial charge in [-0.1, -0.05) is 11.6 Å². The Balaban J connectivity index is 2.81. The van der Waals surface area contributed by atoms with Crippen molar-refractivity contribution in [3.63, 3.8) is 0 Å². The van der Waals surface area contributed by atoms with Crippen molar-refractivity contribution in [2.75, 3.05) is 11.9 Å². The third-order valence-corrected chi connectivity index (χ3v) is 1.59. The van der Waals surface area contributed by atoms with Gasteiger partial charge in [-0.15, -0.1) is 0 Å². The average molecular weight is 172 g/mol. The highest BCUT2D eigenvalue weighted by Gasteiger charge is 1.98. The SMILES string of the molecule is CN([C]Cl)c1ccc(F)cc1. The average Bonchev–Trinajstić information content (AvgIpc) is 2.05. The van der Waals surface area contributed by atoms with E-state index in [1.165, 1.54) is 12.1 Å². The summed E-state index contributed by atoms with van der Waals surface area (Å²) in [7, 11) is 1.74. The molecule has 0 heterocycles. The van der Waals surface area contributed by atoms with Gasteiger partial charge < -0.3 is 4.90 Å². The summed E-state index contributed by atoms with van der Waals surface area (Å²) in [5.74, 6) is -0.253. The molecule has 0 aliphatic rings. The number of benzene rings is 1. The summed E-state index contributed by atoms with van der Waals surface area (Å²) < 4.78 is 12.4. The van der Waals surface area contributed by atoms with E-state index in [2.05, 4.69) is 6.00 Å². The molecule has 0 fully saturated rings. The van der Waals surface area contributed by atoms with Crippen LogP contribution in [0.5, 0.6) is 0 Å². The molecule has 3 heteroatoms. The van der Waals surface area contributed by atoms with Crippen molar-refractivity contribution in [2.45, 2.75) is 0 Å². The molecule has 0 amide bonds. The molecule has 0 atom stereocenters. The summed E-state index contributed by atoms with van der Waals surface area (Å²) >= 11 is 5.31. The van der Waals surface area contributed by atoms with Crippen LogP contribution in [-0.2, 0) is 0 Å². The van der Waals surface area contributed by atoms with Crippen LogP contribution in [-0.4, -0.2) is 7.05 Å². The minimum atomic E-state index is -0.253. The first-order valence-electron chi connectivity index (χ1n) is 3.09. The van der Waals surface area contributed by atoms with Crippen LogP contribution in [0, 0.1) is 11.8 Å². The Hall–Kier alpha value is -0.760. The topological polar surface area (TPSA) is 3.24 Å². The fraction of sp³-hybridized carbons (Fsp3) is 0.125. The molecular weight excluding hydrogens is 165 g/mol. The fourth-order valence-corrected chi connectivity index (χ4v) is 0.811. The van der Waals surface area contributed by atoms with Gasteiger partial charge in [-0.3, -0.25) is 0 Å². The normalized spacial score (nSPS) is 9.73. The third kappa shape index (κ3) is 2.09. The number of nitrogens with zero attached hydrogens (tertiary/aromatic N) is 1. The zero-order chi connectivity index (χ0) is 8.27. The Labute approximate surface area is 70.4 Å². The number of halogens is 2. The molecule has 0 saturated heterocycles. The maximum absolute atomic E-state index is 12.4. The van der Waals surface area contributed by atoms with E-state index in [4.69, 9.17) is 11.6 Å². The first-order valence-corrected chi connectivity index (χ1v) is 3.47. The Morgan fingerprint density at radius 2 is 1.91 bits per heavy atom. The molecule has 0 saturated carbocycles. The summed E-state index contributed by atoms with van der Waals surface area (Å²) in [6.07, 6.45) is 0. The van der Waals surface area contributed by atoms with Gasteiger partial charge in [0.15, 0.2) is 6.00 Å². The van der Waals surface area contributed by atoms with E-state index in [9.17, 15) is 4.39 Å².